The van der Waals surface area contributed by atoms with Crippen LogP contribution in [0.15, 0.2) is 79.0 Å². The highest BCUT2D eigenvalue weighted by Crippen LogP contribution is 2.35. The Kier molecular flexibility index (Phi) is 5.71. The fourth-order valence-electron chi connectivity index (χ4n) is 3.28. The summed E-state index contributed by atoms with van der Waals surface area (Å²) < 4.78 is 12.6. The Hall–Kier alpha value is -4.06. The topological polar surface area (TPSA) is 65.4 Å². The van der Waals surface area contributed by atoms with E-state index in [0.29, 0.717) is 28.3 Å². The van der Waals surface area contributed by atoms with E-state index < -0.39 is 0 Å². The number of nitrogens with zero attached hydrogens (tertiary/aromatic N) is 2. The zero-order valence-corrected chi connectivity index (χ0v) is 17.6. The lowest BCUT2D eigenvalue weighted by Crippen LogP contribution is -2.12. The van der Waals surface area contributed by atoms with Crippen molar-refractivity contribution in [1.29, 1.82) is 0 Å². The van der Waals surface area contributed by atoms with E-state index in [9.17, 15) is 4.79 Å². The second-order valence-electron chi connectivity index (χ2n) is 7.06. The number of ether oxygens (including phenoxy) is 2. The molecule has 0 bridgehead atoms. The van der Waals surface area contributed by atoms with Gasteiger partial charge in [0.05, 0.1) is 25.5 Å². The average Bonchev–Trinajstić information content (AvgIpc) is 3.26. The van der Waals surface area contributed by atoms with Gasteiger partial charge in [0.25, 0.3) is 5.91 Å². The lowest BCUT2D eigenvalue weighted by Gasteiger charge is -2.10. The summed E-state index contributed by atoms with van der Waals surface area (Å²) >= 11 is 0. The summed E-state index contributed by atoms with van der Waals surface area (Å²) in [5, 5.41) is 7.69. The highest BCUT2D eigenvalue weighted by molar-refractivity contribution is 6.08. The molecule has 0 aliphatic rings. The summed E-state index contributed by atoms with van der Waals surface area (Å²) in [5.41, 5.74) is 4.35. The standard InChI is InChI=1S/C25H23N3O3/c1-17-9-11-18(12-10-17)26-25(29)22-16-28(19-7-5-4-6-8-19)27-24(22)21-14-13-20(30-2)15-23(21)31-3/h4-16H,1-3H3,(H,26,29). The van der Waals surface area contributed by atoms with E-state index in [1.807, 2.05) is 73.7 Å². The van der Waals surface area contributed by atoms with Crippen LogP contribution < -0.4 is 14.8 Å². The predicted molar refractivity (Wildman–Crippen MR) is 121 cm³/mol. The molecule has 0 atom stereocenters. The number of para-hydroxylation sites is 1. The number of amides is 1. The summed E-state index contributed by atoms with van der Waals surface area (Å²) in [6.45, 7) is 2.00. The molecule has 0 radical (unpaired) electrons. The number of aryl methyl sites for hydroxylation is 1. The number of aromatic nitrogens is 2. The predicted octanol–water partition coefficient (Wildman–Crippen LogP) is 5.12. The quantitative estimate of drug-likeness (QED) is 0.477. The second kappa shape index (κ2) is 8.75. The lowest BCUT2D eigenvalue weighted by molar-refractivity contribution is 0.102. The fourth-order valence-corrected chi connectivity index (χ4v) is 3.28. The Bertz CT molecular complexity index is 1200. The first kappa shape index (κ1) is 20.2. The van der Waals surface area contributed by atoms with Crippen LogP contribution in [0.25, 0.3) is 16.9 Å². The molecule has 1 aromatic heterocycles. The van der Waals surface area contributed by atoms with Crippen molar-refractivity contribution in [3.05, 3.63) is 90.1 Å². The van der Waals surface area contributed by atoms with Crippen LogP contribution in [0.2, 0.25) is 0 Å². The van der Waals surface area contributed by atoms with E-state index in [0.717, 1.165) is 16.9 Å². The summed E-state index contributed by atoms with van der Waals surface area (Å²) in [6, 6.07) is 22.8. The van der Waals surface area contributed by atoms with Crippen molar-refractivity contribution < 1.29 is 14.3 Å². The Labute approximate surface area is 181 Å². The Morgan fingerprint density at radius 2 is 1.68 bits per heavy atom. The molecule has 156 valence electrons. The maximum atomic E-state index is 13.2. The molecule has 0 saturated carbocycles. The monoisotopic (exact) mass is 413 g/mol. The molecule has 0 aliphatic carbocycles. The van der Waals surface area contributed by atoms with E-state index in [1.165, 1.54) is 0 Å². The number of anilines is 1. The van der Waals surface area contributed by atoms with Gasteiger partial charge >= 0.3 is 0 Å². The van der Waals surface area contributed by atoms with Crippen LogP contribution in [0.3, 0.4) is 0 Å². The Morgan fingerprint density at radius 1 is 0.935 bits per heavy atom. The third-order valence-corrected chi connectivity index (χ3v) is 4.95. The molecule has 3 aromatic carbocycles. The molecular weight excluding hydrogens is 390 g/mol. The van der Waals surface area contributed by atoms with Crippen molar-refractivity contribution in [2.75, 3.05) is 19.5 Å². The highest BCUT2D eigenvalue weighted by atomic mass is 16.5. The molecule has 6 nitrogen and oxygen atoms in total. The van der Waals surface area contributed by atoms with Crippen molar-refractivity contribution in [2.24, 2.45) is 0 Å². The number of benzene rings is 3. The minimum absolute atomic E-state index is 0.251. The molecule has 0 fully saturated rings. The Morgan fingerprint density at radius 3 is 2.35 bits per heavy atom. The zero-order valence-electron chi connectivity index (χ0n) is 17.6. The van der Waals surface area contributed by atoms with Crippen LogP contribution >= 0.6 is 0 Å². The van der Waals surface area contributed by atoms with Crippen LogP contribution in [0, 0.1) is 6.92 Å². The molecule has 4 aromatic rings. The Balaban J connectivity index is 1.80. The van der Waals surface area contributed by atoms with Gasteiger partial charge in [-0.05, 0) is 43.3 Å². The number of carbonyl (C=O) groups is 1. The minimum atomic E-state index is -0.251. The van der Waals surface area contributed by atoms with Crippen LogP contribution in [0.1, 0.15) is 15.9 Å². The van der Waals surface area contributed by atoms with Gasteiger partial charge in [-0.3, -0.25) is 4.79 Å². The normalized spacial score (nSPS) is 10.5. The molecule has 0 unspecified atom stereocenters. The van der Waals surface area contributed by atoms with Gasteiger partial charge in [0, 0.05) is 23.5 Å². The third kappa shape index (κ3) is 4.28. The SMILES string of the molecule is COc1ccc(-c2nn(-c3ccccc3)cc2C(=O)Nc2ccc(C)cc2)c(OC)c1. The molecule has 31 heavy (non-hydrogen) atoms. The number of methoxy groups -OCH3 is 2. The summed E-state index contributed by atoms with van der Waals surface area (Å²) in [6.07, 6.45) is 1.73. The average molecular weight is 413 g/mol. The smallest absolute Gasteiger partial charge is 0.259 e. The molecule has 4 rings (SSSR count). The first-order valence-corrected chi connectivity index (χ1v) is 9.84. The van der Waals surface area contributed by atoms with Crippen molar-refractivity contribution in [3.8, 4) is 28.4 Å². The molecule has 0 aliphatic heterocycles. The molecular formula is C25H23N3O3. The molecule has 1 N–H and O–H groups in total. The van der Waals surface area contributed by atoms with Crippen molar-refractivity contribution in [1.82, 2.24) is 9.78 Å². The number of rotatable bonds is 6. The molecule has 0 saturated heterocycles. The molecule has 0 spiro atoms. The van der Waals surface area contributed by atoms with Gasteiger partial charge < -0.3 is 14.8 Å². The van der Waals surface area contributed by atoms with E-state index in [-0.39, 0.29) is 5.91 Å². The summed E-state index contributed by atoms with van der Waals surface area (Å²) in [5.74, 6) is 0.981. The van der Waals surface area contributed by atoms with Crippen molar-refractivity contribution in [2.45, 2.75) is 6.92 Å². The maximum absolute atomic E-state index is 13.2. The van der Waals surface area contributed by atoms with Crippen LogP contribution in [-0.4, -0.2) is 29.9 Å². The van der Waals surface area contributed by atoms with Crippen molar-refractivity contribution in [3.63, 3.8) is 0 Å². The number of carbonyl (C=O) groups excluding carboxylic acids is 1. The maximum Gasteiger partial charge on any atom is 0.259 e. The summed E-state index contributed by atoms with van der Waals surface area (Å²) in [7, 11) is 3.18. The highest BCUT2D eigenvalue weighted by Gasteiger charge is 2.22. The minimum Gasteiger partial charge on any atom is -0.497 e. The number of hydrogen-bond donors (Lipinski definition) is 1. The number of nitrogens with one attached hydrogen (secondary N) is 1. The van der Waals surface area contributed by atoms with Gasteiger partial charge in [-0.15, -0.1) is 0 Å². The molecule has 1 amide bonds. The lowest BCUT2D eigenvalue weighted by atomic mass is 10.1. The van der Waals surface area contributed by atoms with E-state index in [1.54, 1.807) is 31.2 Å². The van der Waals surface area contributed by atoms with Gasteiger partial charge in [-0.1, -0.05) is 35.9 Å². The van der Waals surface area contributed by atoms with Gasteiger partial charge in [0.1, 0.15) is 17.2 Å². The van der Waals surface area contributed by atoms with Gasteiger partial charge in [-0.25, -0.2) is 4.68 Å². The van der Waals surface area contributed by atoms with Crippen LogP contribution in [-0.2, 0) is 0 Å². The zero-order chi connectivity index (χ0) is 21.8. The van der Waals surface area contributed by atoms with Gasteiger partial charge in [0.15, 0.2) is 0 Å². The van der Waals surface area contributed by atoms with E-state index >= 15 is 0 Å². The van der Waals surface area contributed by atoms with Gasteiger partial charge in [0.2, 0.25) is 0 Å². The van der Waals surface area contributed by atoms with Crippen LogP contribution in [0.4, 0.5) is 5.69 Å². The molecule has 6 heteroatoms. The second-order valence-corrected chi connectivity index (χ2v) is 7.06. The molecule has 1 heterocycles. The number of hydrogen-bond acceptors (Lipinski definition) is 4. The largest absolute Gasteiger partial charge is 0.497 e. The third-order valence-electron chi connectivity index (χ3n) is 4.95. The fraction of sp³-hybridized carbons (Fsp3) is 0.120. The van der Waals surface area contributed by atoms with Gasteiger partial charge in [-0.2, -0.15) is 5.10 Å². The first-order valence-electron chi connectivity index (χ1n) is 9.84. The van der Waals surface area contributed by atoms with E-state index in [4.69, 9.17) is 14.6 Å². The first-order chi connectivity index (χ1) is 15.1. The van der Waals surface area contributed by atoms with E-state index in [2.05, 4.69) is 5.32 Å². The van der Waals surface area contributed by atoms with Crippen molar-refractivity contribution >= 4 is 11.6 Å². The van der Waals surface area contributed by atoms with Crippen LogP contribution in [0.5, 0.6) is 11.5 Å². The summed E-state index contributed by atoms with van der Waals surface area (Å²) in [4.78, 5) is 13.2.